The molecule has 0 aliphatic carbocycles. The second-order valence-electron chi connectivity index (χ2n) is 13.0. The molecule has 2 amide bonds. The van der Waals surface area contributed by atoms with Crippen molar-refractivity contribution in [2.75, 3.05) is 24.6 Å². The minimum Gasteiger partial charge on any atom is -0.444 e. The zero-order valence-electron chi connectivity index (χ0n) is 27.8. The van der Waals surface area contributed by atoms with Gasteiger partial charge in [0, 0.05) is 50.3 Å². The molecule has 0 saturated carbocycles. The normalized spacial score (nSPS) is 17.1. The number of halogens is 2. The van der Waals surface area contributed by atoms with Crippen molar-refractivity contribution in [2.45, 2.75) is 77.4 Å². The van der Waals surface area contributed by atoms with Gasteiger partial charge in [-0.25, -0.2) is 29.5 Å². The number of benzene rings is 2. The Balaban J connectivity index is 1.22. The van der Waals surface area contributed by atoms with Gasteiger partial charge in [-0.2, -0.15) is 5.26 Å². The molecule has 1 atom stereocenters. The summed E-state index contributed by atoms with van der Waals surface area (Å²) >= 11 is 6.39. The fourth-order valence-electron chi connectivity index (χ4n) is 5.57. The molecule has 1 N–H and O–H groups in total. The number of carbonyl (C=O) groups is 2. The van der Waals surface area contributed by atoms with Crippen LogP contribution >= 0.6 is 11.6 Å². The fraction of sp³-hybridized carbons (Fsp3) is 0.417. The van der Waals surface area contributed by atoms with Crippen molar-refractivity contribution in [1.82, 2.24) is 20.3 Å². The molecule has 2 aliphatic heterocycles. The molecule has 258 valence electrons. The van der Waals surface area contributed by atoms with E-state index in [1.165, 1.54) is 24.4 Å². The summed E-state index contributed by atoms with van der Waals surface area (Å²) in [5.74, 6) is -0.592. The molecule has 0 radical (unpaired) electrons. The highest BCUT2D eigenvalue weighted by Gasteiger charge is 2.32. The zero-order valence-corrected chi connectivity index (χ0v) is 28.6. The molecule has 2 aliphatic rings. The summed E-state index contributed by atoms with van der Waals surface area (Å²) < 4.78 is 25.6. The lowest BCUT2D eigenvalue weighted by molar-refractivity contribution is -0.198. The fourth-order valence-corrected chi connectivity index (χ4v) is 5.77. The number of amides is 2. The molecule has 49 heavy (non-hydrogen) atoms. The summed E-state index contributed by atoms with van der Waals surface area (Å²) in [7, 11) is 0. The number of ether oxygens (including phenoxy) is 2. The number of rotatable bonds is 9. The van der Waals surface area contributed by atoms with Crippen LogP contribution in [-0.2, 0) is 25.7 Å². The third-order valence-electron chi connectivity index (χ3n) is 8.10. The number of hydrogen-bond acceptors (Lipinski definition) is 9. The Labute approximate surface area is 290 Å². The van der Waals surface area contributed by atoms with Crippen LogP contribution in [0.2, 0.25) is 5.02 Å². The van der Waals surface area contributed by atoms with Crippen molar-refractivity contribution in [1.29, 1.82) is 5.26 Å². The molecule has 2 aromatic carbocycles. The lowest BCUT2D eigenvalue weighted by Crippen LogP contribution is -2.48. The average Bonchev–Trinajstić information content (AvgIpc) is 3.09. The van der Waals surface area contributed by atoms with Gasteiger partial charge in [0.25, 0.3) is 5.91 Å². The first-order valence-corrected chi connectivity index (χ1v) is 16.7. The van der Waals surface area contributed by atoms with E-state index in [1.54, 1.807) is 17.0 Å². The van der Waals surface area contributed by atoms with Gasteiger partial charge in [0.1, 0.15) is 17.5 Å². The standard InChI is InChI=1S/C36H40ClFN6O5/c1-36(2,3)48-35(46)44(23-25-9-7-24(8-10-25)11-14-31(45)42-49-32-6-4-5-19-47-32)28-15-17-43(18-16-28)34-40-22-29(37)33(41-34)26-12-13-27(21-39)30(38)20-26/h7-14,20,22,28,32H,4-6,15-19,23H2,1-3H3,(H,42,45). The second-order valence-corrected chi connectivity index (χ2v) is 13.4. The number of anilines is 1. The Bertz CT molecular complexity index is 1690. The predicted molar refractivity (Wildman–Crippen MR) is 182 cm³/mol. The first-order valence-electron chi connectivity index (χ1n) is 16.3. The molecule has 0 bridgehead atoms. The zero-order chi connectivity index (χ0) is 35.0. The Hall–Kier alpha value is -4.57. The van der Waals surface area contributed by atoms with Crippen molar-refractivity contribution < 1.29 is 28.3 Å². The molecular weight excluding hydrogens is 651 g/mol. The van der Waals surface area contributed by atoms with Crippen molar-refractivity contribution in [3.8, 4) is 17.3 Å². The van der Waals surface area contributed by atoms with Crippen molar-refractivity contribution in [3.05, 3.63) is 82.3 Å². The monoisotopic (exact) mass is 690 g/mol. The van der Waals surface area contributed by atoms with Crippen LogP contribution in [0.3, 0.4) is 0 Å². The van der Waals surface area contributed by atoms with Crippen LogP contribution in [0.4, 0.5) is 15.1 Å². The van der Waals surface area contributed by atoms with Crippen LogP contribution in [0.1, 0.15) is 69.6 Å². The Morgan fingerprint density at radius 3 is 2.57 bits per heavy atom. The van der Waals surface area contributed by atoms with E-state index in [0.717, 1.165) is 30.4 Å². The summed E-state index contributed by atoms with van der Waals surface area (Å²) in [5.41, 5.74) is 4.22. The van der Waals surface area contributed by atoms with Gasteiger partial charge in [0.15, 0.2) is 6.29 Å². The van der Waals surface area contributed by atoms with Gasteiger partial charge in [-0.3, -0.25) is 4.79 Å². The maximum absolute atomic E-state index is 14.3. The van der Waals surface area contributed by atoms with E-state index in [4.69, 9.17) is 31.2 Å². The van der Waals surface area contributed by atoms with Crippen LogP contribution < -0.4 is 10.4 Å². The third-order valence-corrected chi connectivity index (χ3v) is 8.38. The van der Waals surface area contributed by atoms with Crippen LogP contribution in [-0.4, -0.2) is 64.5 Å². The van der Waals surface area contributed by atoms with Gasteiger partial charge in [0.2, 0.25) is 5.95 Å². The Kier molecular flexibility index (Phi) is 11.8. The number of piperidine rings is 1. The van der Waals surface area contributed by atoms with E-state index in [-0.39, 0.29) is 22.5 Å². The number of nitrogens with one attached hydrogen (secondary N) is 1. The van der Waals surface area contributed by atoms with E-state index in [2.05, 4.69) is 15.4 Å². The Morgan fingerprint density at radius 2 is 1.92 bits per heavy atom. The topological polar surface area (TPSA) is 130 Å². The third kappa shape index (κ3) is 9.98. The number of nitrogens with zero attached hydrogens (tertiary/aromatic N) is 5. The molecule has 3 aromatic rings. The molecule has 2 saturated heterocycles. The molecule has 1 unspecified atom stereocenters. The van der Waals surface area contributed by atoms with E-state index in [1.807, 2.05) is 56.0 Å². The highest BCUT2D eigenvalue weighted by atomic mass is 35.5. The summed E-state index contributed by atoms with van der Waals surface area (Å²) in [4.78, 5) is 43.8. The smallest absolute Gasteiger partial charge is 0.410 e. The van der Waals surface area contributed by atoms with Gasteiger partial charge in [0.05, 0.1) is 22.5 Å². The maximum atomic E-state index is 14.3. The molecule has 13 heteroatoms. The van der Waals surface area contributed by atoms with Gasteiger partial charge in [-0.15, -0.1) is 0 Å². The number of hydrogen-bond donors (Lipinski definition) is 1. The van der Waals surface area contributed by atoms with Crippen molar-refractivity contribution in [3.63, 3.8) is 0 Å². The number of carbonyl (C=O) groups excluding carboxylic acids is 2. The van der Waals surface area contributed by atoms with Gasteiger partial charge in [-0.05, 0) is 75.8 Å². The van der Waals surface area contributed by atoms with Crippen LogP contribution in [0.25, 0.3) is 17.3 Å². The van der Waals surface area contributed by atoms with Crippen molar-refractivity contribution in [2.24, 2.45) is 0 Å². The summed E-state index contributed by atoms with van der Waals surface area (Å²) in [6.07, 6.45) is 7.75. The van der Waals surface area contributed by atoms with E-state index >= 15 is 0 Å². The highest BCUT2D eigenvalue weighted by molar-refractivity contribution is 6.32. The van der Waals surface area contributed by atoms with Crippen LogP contribution in [0.5, 0.6) is 0 Å². The largest absolute Gasteiger partial charge is 0.444 e. The van der Waals surface area contributed by atoms with Crippen LogP contribution in [0.15, 0.2) is 54.7 Å². The molecule has 5 rings (SSSR count). The summed E-state index contributed by atoms with van der Waals surface area (Å²) in [5, 5.41) is 9.34. The maximum Gasteiger partial charge on any atom is 0.410 e. The molecule has 11 nitrogen and oxygen atoms in total. The van der Waals surface area contributed by atoms with E-state index in [9.17, 15) is 14.0 Å². The lowest BCUT2D eigenvalue weighted by atomic mass is 10.0. The predicted octanol–water partition coefficient (Wildman–Crippen LogP) is 6.80. The Morgan fingerprint density at radius 1 is 1.16 bits per heavy atom. The molecule has 3 heterocycles. The average molecular weight is 691 g/mol. The molecule has 1 aromatic heterocycles. The minimum absolute atomic E-state index is 0.0605. The molecule has 2 fully saturated rings. The summed E-state index contributed by atoms with van der Waals surface area (Å²) in [6, 6.07) is 13.6. The lowest BCUT2D eigenvalue weighted by Gasteiger charge is -2.39. The van der Waals surface area contributed by atoms with E-state index in [0.29, 0.717) is 56.3 Å². The van der Waals surface area contributed by atoms with Gasteiger partial charge < -0.3 is 19.3 Å². The van der Waals surface area contributed by atoms with Gasteiger partial charge in [-0.1, -0.05) is 41.9 Å². The van der Waals surface area contributed by atoms with Crippen LogP contribution in [0, 0.1) is 17.1 Å². The quantitative estimate of drug-likeness (QED) is 0.190. The summed E-state index contributed by atoms with van der Waals surface area (Å²) in [6.45, 7) is 7.61. The first kappa shape index (κ1) is 35.7. The molecule has 0 spiro atoms. The molecular formula is C36H40ClFN6O5. The minimum atomic E-state index is -0.670. The second kappa shape index (κ2) is 16.2. The number of nitriles is 1. The number of aromatic nitrogens is 2. The first-order chi connectivity index (χ1) is 23.5. The van der Waals surface area contributed by atoms with Gasteiger partial charge >= 0.3 is 6.09 Å². The number of hydroxylamine groups is 1. The van der Waals surface area contributed by atoms with Crippen molar-refractivity contribution >= 4 is 35.6 Å². The SMILES string of the molecule is CC(C)(C)OC(=O)N(Cc1ccc(C=CC(=O)NOC2CCCCO2)cc1)C1CCN(c2ncc(Cl)c(-c3ccc(C#N)c(F)c3)n2)CC1. The van der Waals surface area contributed by atoms with E-state index < -0.39 is 23.8 Å². The highest BCUT2D eigenvalue weighted by Crippen LogP contribution is 2.30.